The number of nitrogens with one attached hydrogen (secondary N) is 1. The molecule has 0 radical (unpaired) electrons. The van der Waals surface area contributed by atoms with Gasteiger partial charge in [0.1, 0.15) is 0 Å². The monoisotopic (exact) mass is 398 g/mol. The predicted octanol–water partition coefficient (Wildman–Crippen LogP) is 3.96. The fraction of sp³-hybridized carbons (Fsp3) is 0.240. The van der Waals surface area contributed by atoms with Crippen LogP contribution in [-0.2, 0) is 14.4 Å². The predicted molar refractivity (Wildman–Crippen MR) is 115 cm³/mol. The fourth-order valence-electron chi connectivity index (χ4n) is 4.92. The second-order valence-corrected chi connectivity index (χ2v) is 8.30. The van der Waals surface area contributed by atoms with E-state index in [-0.39, 0.29) is 41.4 Å². The van der Waals surface area contributed by atoms with Crippen LogP contribution >= 0.6 is 0 Å². The molecule has 5 heteroatoms. The molecule has 0 unspecified atom stereocenters. The van der Waals surface area contributed by atoms with Crippen LogP contribution in [0.15, 0.2) is 66.8 Å². The van der Waals surface area contributed by atoms with E-state index >= 15 is 0 Å². The number of carbonyl (C=O) groups excluding carboxylic acids is 3. The molecule has 4 atom stereocenters. The molecule has 2 aromatic rings. The molecule has 0 aromatic heterocycles. The smallest absolute Gasteiger partial charge is 0.248 e. The average Bonchev–Trinajstić information content (AvgIpc) is 3.42. The molecule has 5 rings (SSSR count). The lowest BCUT2D eigenvalue weighted by Gasteiger charge is -2.17. The molecule has 5 nitrogen and oxygen atoms in total. The van der Waals surface area contributed by atoms with Crippen molar-refractivity contribution in [1.82, 2.24) is 0 Å². The van der Waals surface area contributed by atoms with Crippen molar-refractivity contribution < 1.29 is 14.4 Å². The Morgan fingerprint density at radius 2 is 1.67 bits per heavy atom. The van der Waals surface area contributed by atoms with Crippen molar-refractivity contribution in [3.05, 3.63) is 77.9 Å². The lowest BCUT2D eigenvalue weighted by molar-refractivity contribution is -0.123. The zero-order valence-electron chi connectivity index (χ0n) is 16.6. The van der Waals surface area contributed by atoms with Crippen LogP contribution in [0.2, 0.25) is 0 Å². The van der Waals surface area contributed by atoms with E-state index in [1.165, 1.54) is 11.0 Å². The van der Waals surface area contributed by atoms with Crippen LogP contribution in [0.4, 0.5) is 11.4 Å². The van der Waals surface area contributed by atoms with Crippen molar-refractivity contribution in [2.24, 2.45) is 23.7 Å². The van der Waals surface area contributed by atoms with Gasteiger partial charge in [-0.15, -0.1) is 0 Å². The van der Waals surface area contributed by atoms with E-state index in [1.54, 1.807) is 24.3 Å². The second-order valence-electron chi connectivity index (χ2n) is 8.30. The number of hydrogen-bond donors (Lipinski definition) is 1. The summed E-state index contributed by atoms with van der Waals surface area (Å²) in [6.07, 6.45) is 8.23. The number of hydrogen-bond acceptors (Lipinski definition) is 3. The standard InChI is InChI=1S/C25H22N2O3/c1-15-5-10-19(11-6-15)26-21(28)12-7-16-3-2-4-20(13-16)27-24(29)22-17-8-9-18(14-17)23(22)25(27)30/h2-13,17-18,22-23H,14H2,1H3,(H,26,28)/b12-7+/t17-,18+,22-,23+. The third-order valence-electron chi connectivity index (χ3n) is 6.35. The number of allylic oxidation sites excluding steroid dienone is 2. The molecule has 2 fully saturated rings. The number of aryl methyl sites for hydroxylation is 1. The van der Waals surface area contributed by atoms with Gasteiger partial charge in [-0.25, -0.2) is 4.90 Å². The van der Waals surface area contributed by atoms with E-state index in [4.69, 9.17) is 0 Å². The van der Waals surface area contributed by atoms with Gasteiger partial charge >= 0.3 is 0 Å². The molecule has 30 heavy (non-hydrogen) atoms. The number of imide groups is 1. The topological polar surface area (TPSA) is 66.5 Å². The zero-order chi connectivity index (χ0) is 20.8. The van der Waals surface area contributed by atoms with Gasteiger partial charge in [-0.3, -0.25) is 14.4 Å². The van der Waals surface area contributed by atoms with Crippen LogP contribution in [0.25, 0.3) is 6.08 Å². The van der Waals surface area contributed by atoms with Gasteiger partial charge in [0.15, 0.2) is 0 Å². The summed E-state index contributed by atoms with van der Waals surface area (Å²) in [5.41, 5.74) is 3.18. The first-order chi connectivity index (χ1) is 14.5. The van der Waals surface area contributed by atoms with Gasteiger partial charge in [0, 0.05) is 11.8 Å². The van der Waals surface area contributed by atoms with Crippen molar-refractivity contribution >= 4 is 35.2 Å². The lowest BCUT2D eigenvalue weighted by atomic mass is 9.85. The molecule has 1 aliphatic heterocycles. The Kier molecular flexibility index (Phi) is 4.39. The minimum atomic E-state index is -0.241. The van der Waals surface area contributed by atoms with Gasteiger partial charge in [0.2, 0.25) is 17.7 Å². The van der Waals surface area contributed by atoms with Gasteiger partial charge in [-0.1, -0.05) is 42.0 Å². The molecule has 0 spiro atoms. The maximum atomic E-state index is 13.0. The number of amides is 3. The highest BCUT2D eigenvalue weighted by molar-refractivity contribution is 6.22. The molecule has 1 N–H and O–H groups in total. The molecule has 150 valence electrons. The Hall–Kier alpha value is -3.47. The normalized spacial score (nSPS) is 26.6. The summed E-state index contributed by atoms with van der Waals surface area (Å²) in [6, 6.07) is 14.8. The fourth-order valence-corrected chi connectivity index (χ4v) is 4.92. The summed E-state index contributed by atoms with van der Waals surface area (Å²) in [6.45, 7) is 1.99. The number of rotatable bonds is 4. The quantitative estimate of drug-likeness (QED) is 0.482. The van der Waals surface area contributed by atoms with Crippen LogP contribution in [0.1, 0.15) is 17.5 Å². The van der Waals surface area contributed by atoms with Crippen LogP contribution in [0.5, 0.6) is 0 Å². The van der Waals surface area contributed by atoms with Crippen LogP contribution in [0, 0.1) is 30.6 Å². The second kappa shape index (κ2) is 7.10. The minimum absolute atomic E-state index is 0.0971. The first kappa shape index (κ1) is 18.6. The summed E-state index contributed by atoms with van der Waals surface area (Å²) < 4.78 is 0. The van der Waals surface area contributed by atoms with Gasteiger partial charge < -0.3 is 5.32 Å². The van der Waals surface area contributed by atoms with Gasteiger partial charge in [-0.05, 0) is 61.1 Å². The number of fused-ring (bicyclic) bond motifs is 5. The van der Waals surface area contributed by atoms with E-state index in [0.29, 0.717) is 5.69 Å². The highest BCUT2D eigenvalue weighted by Crippen LogP contribution is 2.53. The Bertz CT molecular complexity index is 1070. The van der Waals surface area contributed by atoms with Gasteiger partial charge in [0.05, 0.1) is 17.5 Å². The molecule has 1 saturated heterocycles. The highest BCUT2D eigenvalue weighted by atomic mass is 16.2. The maximum Gasteiger partial charge on any atom is 0.248 e. The zero-order valence-corrected chi connectivity index (χ0v) is 16.6. The first-order valence-corrected chi connectivity index (χ1v) is 10.2. The van der Waals surface area contributed by atoms with Crippen LogP contribution < -0.4 is 10.2 Å². The lowest BCUT2D eigenvalue weighted by Crippen LogP contribution is -2.32. The molecular weight excluding hydrogens is 376 g/mol. The van der Waals surface area contributed by atoms with Gasteiger partial charge in [-0.2, -0.15) is 0 Å². The average molecular weight is 398 g/mol. The summed E-state index contributed by atoms with van der Waals surface area (Å²) in [4.78, 5) is 39.5. The van der Waals surface area contributed by atoms with Crippen molar-refractivity contribution in [3.63, 3.8) is 0 Å². The minimum Gasteiger partial charge on any atom is -0.323 e. The van der Waals surface area contributed by atoms with Gasteiger partial charge in [0.25, 0.3) is 0 Å². The van der Waals surface area contributed by atoms with E-state index in [9.17, 15) is 14.4 Å². The largest absolute Gasteiger partial charge is 0.323 e. The number of nitrogens with zero attached hydrogens (tertiary/aromatic N) is 1. The Morgan fingerprint density at radius 3 is 2.33 bits per heavy atom. The van der Waals surface area contributed by atoms with Crippen LogP contribution in [-0.4, -0.2) is 17.7 Å². The van der Waals surface area contributed by atoms with Crippen molar-refractivity contribution in [2.45, 2.75) is 13.3 Å². The van der Waals surface area contributed by atoms with Crippen molar-refractivity contribution in [1.29, 1.82) is 0 Å². The molecular formula is C25H22N2O3. The van der Waals surface area contributed by atoms with E-state index in [1.807, 2.05) is 37.3 Å². The van der Waals surface area contributed by atoms with E-state index < -0.39 is 0 Å². The Balaban J connectivity index is 1.32. The number of anilines is 2. The molecule has 1 saturated carbocycles. The van der Waals surface area contributed by atoms with Crippen LogP contribution in [0.3, 0.4) is 0 Å². The molecule has 3 aliphatic rings. The molecule has 2 aliphatic carbocycles. The molecule has 3 amide bonds. The summed E-state index contributed by atoms with van der Waals surface area (Å²) in [7, 11) is 0. The summed E-state index contributed by atoms with van der Waals surface area (Å²) in [5, 5.41) is 2.82. The number of benzene rings is 2. The first-order valence-electron chi connectivity index (χ1n) is 10.2. The third kappa shape index (κ3) is 3.07. The SMILES string of the molecule is Cc1ccc(NC(=O)/C=C/c2cccc(N3C(=O)[C@@H]4[C@H](C3=O)[C@@H]3C=C[C@H]4C3)c2)cc1. The molecule has 1 heterocycles. The van der Waals surface area contributed by atoms with E-state index in [2.05, 4.69) is 17.5 Å². The molecule has 2 bridgehead atoms. The summed E-state index contributed by atoms with van der Waals surface area (Å²) >= 11 is 0. The van der Waals surface area contributed by atoms with E-state index in [0.717, 1.165) is 23.2 Å². The summed E-state index contributed by atoms with van der Waals surface area (Å²) in [5.74, 6) is -0.487. The third-order valence-corrected chi connectivity index (χ3v) is 6.35. The highest BCUT2D eigenvalue weighted by Gasteiger charge is 2.59. The molecule has 2 aromatic carbocycles. The Labute approximate surface area is 175 Å². The number of carbonyl (C=O) groups is 3. The van der Waals surface area contributed by atoms with Crippen molar-refractivity contribution in [3.8, 4) is 0 Å². The maximum absolute atomic E-state index is 13.0. The Morgan fingerprint density at radius 1 is 1.00 bits per heavy atom. The van der Waals surface area contributed by atoms with Crippen molar-refractivity contribution in [2.75, 3.05) is 10.2 Å².